The second-order valence-electron chi connectivity index (χ2n) is 13.4. The van der Waals surface area contributed by atoms with Gasteiger partial charge in [0.15, 0.2) is 46.0 Å². The molecule has 7 rings (SSSR count). The van der Waals surface area contributed by atoms with Gasteiger partial charge in [-0.05, 0) is 71.5 Å². The molecule has 3 aliphatic heterocycles. The lowest BCUT2D eigenvalue weighted by Gasteiger charge is -2.19. The average molecular weight is 715 g/mol. The number of aromatic hydroxyl groups is 2. The zero-order valence-electron chi connectivity index (χ0n) is 29.3. The molecule has 0 radical (unpaired) electrons. The van der Waals surface area contributed by atoms with E-state index in [2.05, 4.69) is 0 Å². The third kappa shape index (κ3) is 6.15. The fourth-order valence-electron chi connectivity index (χ4n) is 7.80. The number of hydrogen-bond donors (Lipinski definition) is 4. The molecule has 1 fully saturated rings. The van der Waals surface area contributed by atoms with Gasteiger partial charge in [0.25, 0.3) is 0 Å². The maximum atomic E-state index is 13.2. The summed E-state index contributed by atoms with van der Waals surface area (Å²) in [5.41, 5.74) is 4.74. The summed E-state index contributed by atoms with van der Waals surface area (Å²) in [7, 11) is 6.05. The summed E-state index contributed by atoms with van der Waals surface area (Å²) >= 11 is 0. The van der Waals surface area contributed by atoms with Crippen molar-refractivity contribution in [1.82, 2.24) is 0 Å². The first-order valence-corrected chi connectivity index (χ1v) is 17.1. The van der Waals surface area contributed by atoms with Gasteiger partial charge in [-0.25, -0.2) is 0 Å². The Morgan fingerprint density at radius 2 is 1.08 bits per heavy atom. The van der Waals surface area contributed by atoms with Gasteiger partial charge in [-0.3, -0.25) is 4.79 Å². The van der Waals surface area contributed by atoms with Gasteiger partial charge in [-0.15, -0.1) is 0 Å². The smallest absolute Gasteiger partial charge is 0.309 e. The van der Waals surface area contributed by atoms with Crippen molar-refractivity contribution in [1.29, 1.82) is 0 Å². The van der Waals surface area contributed by atoms with E-state index in [0.717, 1.165) is 33.4 Å². The molecule has 0 aromatic heterocycles. The number of methoxy groups -OCH3 is 4. The molecule has 0 saturated carbocycles. The van der Waals surface area contributed by atoms with Gasteiger partial charge in [-0.1, -0.05) is 24.3 Å². The second kappa shape index (κ2) is 14.4. The van der Waals surface area contributed by atoms with Gasteiger partial charge >= 0.3 is 5.97 Å². The first kappa shape index (κ1) is 35.1. The summed E-state index contributed by atoms with van der Waals surface area (Å²) in [6.07, 6.45) is -0.219. The number of ether oxygens (including phenoxy) is 7. The normalized spacial score (nSPS) is 22.9. The predicted octanol–water partition coefficient (Wildman–Crippen LogP) is 5.13. The number of benzene rings is 4. The predicted molar refractivity (Wildman–Crippen MR) is 187 cm³/mol. The van der Waals surface area contributed by atoms with Crippen molar-refractivity contribution in [2.45, 2.75) is 36.9 Å². The molecule has 0 aliphatic carbocycles. The highest BCUT2D eigenvalue weighted by atomic mass is 16.5. The molecular formula is C40H42O12. The molecule has 1 saturated heterocycles. The molecule has 12 heteroatoms. The van der Waals surface area contributed by atoms with E-state index in [0.29, 0.717) is 47.3 Å². The first-order valence-electron chi connectivity index (χ1n) is 17.1. The molecular weight excluding hydrogens is 672 g/mol. The van der Waals surface area contributed by atoms with Crippen molar-refractivity contribution in [3.8, 4) is 46.0 Å². The van der Waals surface area contributed by atoms with Crippen LogP contribution in [0.1, 0.15) is 57.4 Å². The zero-order valence-corrected chi connectivity index (χ0v) is 29.3. The molecule has 0 amide bonds. The molecule has 0 spiro atoms. The van der Waals surface area contributed by atoms with Gasteiger partial charge < -0.3 is 53.6 Å². The number of phenols is 2. The van der Waals surface area contributed by atoms with Crippen LogP contribution >= 0.6 is 0 Å². The number of carbonyl (C=O) groups is 1. The summed E-state index contributed by atoms with van der Waals surface area (Å²) in [6, 6.07) is 17.6. The van der Waals surface area contributed by atoms with Crippen LogP contribution in [0.3, 0.4) is 0 Å². The molecule has 0 unspecified atom stereocenters. The Hall–Kier alpha value is -5.33. The number of esters is 1. The maximum absolute atomic E-state index is 13.2. The van der Waals surface area contributed by atoms with E-state index >= 15 is 0 Å². The molecule has 0 bridgehead atoms. The second-order valence-corrected chi connectivity index (χ2v) is 13.4. The third-order valence-corrected chi connectivity index (χ3v) is 10.5. The fourth-order valence-corrected chi connectivity index (χ4v) is 7.80. The Kier molecular flexibility index (Phi) is 9.69. The summed E-state index contributed by atoms with van der Waals surface area (Å²) in [4.78, 5) is 13.2. The topological polar surface area (TPSA) is 163 Å². The van der Waals surface area contributed by atoms with E-state index in [9.17, 15) is 25.2 Å². The Morgan fingerprint density at radius 3 is 1.52 bits per heavy atom. The van der Waals surface area contributed by atoms with Crippen LogP contribution in [0.25, 0.3) is 0 Å². The summed E-state index contributed by atoms with van der Waals surface area (Å²) in [5, 5.41) is 41.4. The zero-order chi connectivity index (χ0) is 36.7. The molecule has 6 atom stereocenters. The van der Waals surface area contributed by atoms with Crippen LogP contribution in [0.15, 0.2) is 60.7 Å². The van der Waals surface area contributed by atoms with E-state index in [1.807, 2.05) is 24.3 Å². The number of hydrogen-bond acceptors (Lipinski definition) is 12. The quantitative estimate of drug-likeness (QED) is 0.144. The average Bonchev–Trinajstić information content (AvgIpc) is 3.84. The number of phenolic OH excluding ortho intramolecular Hbond substituents is 2. The minimum Gasteiger partial charge on any atom is -0.504 e. The minimum absolute atomic E-state index is 0.000573. The SMILES string of the molecule is COc1cc([C@H]2Oc3c(OC)cc(C[C@@H]4COC(=O)[C@@H]4Cc4cc(OC)c5c(c4)[C@H](CO)[C@H](c4ccc(O)c(OC)c4)O5)cc3[C@H]2CO)ccc1O. The molecule has 52 heavy (non-hydrogen) atoms. The number of cyclic esters (lactones) is 1. The fraction of sp³-hybridized carbons (Fsp3) is 0.375. The highest BCUT2D eigenvalue weighted by molar-refractivity contribution is 5.75. The number of aliphatic hydroxyl groups excluding tert-OH is 2. The summed E-state index contributed by atoms with van der Waals surface area (Å²) in [5.74, 6) is 0.890. The molecule has 3 aliphatic rings. The van der Waals surface area contributed by atoms with Gasteiger partial charge in [0, 0.05) is 17.0 Å². The van der Waals surface area contributed by atoms with Crippen molar-refractivity contribution in [2.24, 2.45) is 11.8 Å². The van der Waals surface area contributed by atoms with Crippen LogP contribution in [0.4, 0.5) is 0 Å². The van der Waals surface area contributed by atoms with E-state index in [1.54, 1.807) is 38.5 Å². The van der Waals surface area contributed by atoms with Crippen LogP contribution in [0.2, 0.25) is 0 Å². The molecule has 4 N–H and O–H groups in total. The van der Waals surface area contributed by atoms with Crippen molar-refractivity contribution < 1.29 is 58.4 Å². The Balaban J connectivity index is 1.14. The Labute approximate surface area is 301 Å². The maximum Gasteiger partial charge on any atom is 0.309 e. The summed E-state index contributed by atoms with van der Waals surface area (Å²) in [6.45, 7) is -0.156. The van der Waals surface area contributed by atoms with Gasteiger partial charge in [-0.2, -0.15) is 0 Å². The van der Waals surface area contributed by atoms with Crippen LogP contribution in [0.5, 0.6) is 46.0 Å². The highest BCUT2D eigenvalue weighted by Gasteiger charge is 2.42. The lowest BCUT2D eigenvalue weighted by atomic mass is 9.83. The van der Waals surface area contributed by atoms with Crippen LogP contribution < -0.4 is 28.4 Å². The van der Waals surface area contributed by atoms with E-state index in [4.69, 9.17) is 33.2 Å². The molecule has 3 heterocycles. The molecule has 274 valence electrons. The van der Waals surface area contributed by atoms with Gasteiger partial charge in [0.05, 0.1) is 66.0 Å². The lowest BCUT2D eigenvalue weighted by Crippen LogP contribution is -2.21. The number of aliphatic hydroxyl groups is 2. The van der Waals surface area contributed by atoms with E-state index in [1.165, 1.54) is 26.4 Å². The first-order chi connectivity index (χ1) is 25.2. The Bertz CT molecular complexity index is 1970. The van der Waals surface area contributed by atoms with Crippen LogP contribution in [0, 0.1) is 11.8 Å². The highest BCUT2D eigenvalue weighted by Crippen LogP contribution is 2.53. The molecule has 4 aromatic rings. The van der Waals surface area contributed by atoms with Crippen LogP contribution in [-0.2, 0) is 22.4 Å². The number of carbonyl (C=O) groups excluding carboxylic acids is 1. The number of fused-ring (bicyclic) bond motifs is 2. The van der Waals surface area contributed by atoms with E-state index in [-0.39, 0.29) is 43.2 Å². The van der Waals surface area contributed by atoms with Crippen LogP contribution in [-0.4, -0.2) is 74.7 Å². The third-order valence-electron chi connectivity index (χ3n) is 10.5. The Morgan fingerprint density at radius 1 is 0.615 bits per heavy atom. The van der Waals surface area contributed by atoms with Crippen molar-refractivity contribution in [2.75, 3.05) is 48.3 Å². The monoisotopic (exact) mass is 714 g/mol. The largest absolute Gasteiger partial charge is 0.504 e. The van der Waals surface area contributed by atoms with Crippen molar-refractivity contribution in [3.63, 3.8) is 0 Å². The van der Waals surface area contributed by atoms with Gasteiger partial charge in [0.2, 0.25) is 0 Å². The molecule has 4 aromatic carbocycles. The van der Waals surface area contributed by atoms with Gasteiger partial charge in [0.1, 0.15) is 12.2 Å². The van der Waals surface area contributed by atoms with E-state index < -0.39 is 30.0 Å². The standard InChI is InChI=1S/C40H42O12/c1-46-32-15-22(5-7-30(32)43)36-28(17-41)26-11-20(13-34(48-3)38(26)51-36)9-24-19-50-40(45)25(24)10-21-12-27-29(18-42)37(52-39(27)35(14-21)49-4)23-6-8-31(44)33(16-23)47-2/h5-8,11-16,24-25,28-29,36-37,41-44H,9-10,17-19H2,1-4H3/t24-,25-,28-,29+,36-,37+/m1/s1. The number of rotatable bonds is 12. The minimum atomic E-state index is -0.556. The lowest BCUT2D eigenvalue weighted by molar-refractivity contribution is -0.141. The van der Waals surface area contributed by atoms with Crippen molar-refractivity contribution >= 4 is 5.97 Å². The molecule has 12 nitrogen and oxygen atoms in total. The van der Waals surface area contributed by atoms with Crippen molar-refractivity contribution in [3.05, 3.63) is 94.0 Å². The summed E-state index contributed by atoms with van der Waals surface area (Å²) < 4.78 is 40.5.